The second-order valence-electron chi connectivity index (χ2n) is 8.17. The normalized spacial score (nSPS) is 15.7. The number of ether oxygens (including phenoxy) is 1. The van der Waals surface area contributed by atoms with Crippen LogP contribution in [-0.2, 0) is 11.3 Å². The van der Waals surface area contributed by atoms with Crippen LogP contribution in [-0.4, -0.2) is 36.9 Å². The topological polar surface area (TPSA) is 70.7 Å². The van der Waals surface area contributed by atoms with Gasteiger partial charge in [0.05, 0.1) is 24.9 Å². The summed E-state index contributed by atoms with van der Waals surface area (Å²) in [5.74, 6) is 0.470. The lowest BCUT2D eigenvalue weighted by atomic mass is 10.0. The molecule has 6 nitrogen and oxygen atoms in total. The van der Waals surface area contributed by atoms with Crippen molar-refractivity contribution in [3.8, 4) is 5.75 Å². The molecule has 170 valence electrons. The molecular weight excluding hydrogens is 414 g/mol. The molecule has 0 aromatic heterocycles. The van der Waals surface area contributed by atoms with Crippen molar-refractivity contribution in [1.29, 1.82) is 0 Å². The summed E-state index contributed by atoms with van der Waals surface area (Å²) >= 11 is 0. The van der Waals surface area contributed by atoms with Crippen LogP contribution in [0.15, 0.2) is 78.9 Å². The number of nitrogens with one attached hydrogen (secondary N) is 2. The Morgan fingerprint density at radius 1 is 1.00 bits per heavy atom. The summed E-state index contributed by atoms with van der Waals surface area (Å²) in [6.07, 6.45) is 2.03. The van der Waals surface area contributed by atoms with E-state index in [-0.39, 0.29) is 24.4 Å². The SMILES string of the molecule is COc1cccc(C2CCCN2CC(=O)Nc2ccccc2C(=O)NCc2ccccc2)c1. The highest BCUT2D eigenvalue weighted by Gasteiger charge is 2.28. The maximum absolute atomic E-state index is 12.9. The number of carbonyl (C=O) groups excluding carboxylic acids is 2. The minimum absolute atomic E-state index is 0.131. The van der Waals surface area contributed by atoms with Gasteiger partial charge in [-0.1, -0.05) is 54.6 Å². The molecule has 6 heteroatoms. The first-order chi connectivity index (χ1) is 16.1. The zero-order chi connectivity index (χ0) is 23.0. The maximum Gasteiger partial charge on any atom is 0.253 e. The fraction of sp³-hybridized carbons (Fsp3) is 0.259. The second-order valence-corrected chi connectivity index (χ2v) is 8.17. The monoisotopic (exact) mass is 443 g/mol. The van der Waals surface area contributed by atoms with E-state index in [2.05, 4.69) is 21.6 Å². The summed E-state index contributed by atoms with van der Waals surface area (Å²) in [6, 6.07) is 25.0. The molecule has 1 heterocycles. The Labute approximate surface area is 194 Å². The van der Waals surface area contributed by atoms with E-state index in [0.717, 1.165) is 36.3 Å². The first-order valence-electron chi connectivity index (χ1n) is 11.2. The van der Waals surface area contributed by atoms with Crippen molar-refractivity contribution in [3.05, 3.63) is 95.6 Å². The van der Waals surface area contributed by atoms with Crippen molar-refractivity contribution >= 4 is 17.5 Å². The van der Waals surface area contributed by atoms with Gasteiger partial charge in [0.2, 0.25) is 5.91 Å². The number of likely N-dealkylation sites (tertiary alicyclic amines) is 1. The van der Waals surface area contributed by atoms with E-state index in [1.807, 2.05) is 54.6 Å². The zero-order valence-corrected chi connectivity index (χ0v) is 18.8. The van der Waals surface area contributed by atoms with E-state index in [0.29, 0.717) is 17.8 Å². The molecule has 0 radical (unpaired) electrons. The number of benzene rings is 3. The molecule has 2 amide bonds. The molecular formula is C27H29N3O3. The third kappa shape index (κ3) is 5.79. The lowest BCUT2D eigenvalue weighted by Crippen LogP contribution is -2.33. The van der Waals surface area contributed by atoms with E-state index in [9.17, 15) is 9.59 Å². The van der Waals surface area contributed by atoms with Crippen molar-refractivity contribution < 1.29 is 14.3 Å². The molecule has 1 aliphatic heterocycles. The minimum atomic E-state index is -0.217. The quantitative estimate of drug-likeness (QED) is 0.541. The van der Waals surface area contributed by atoms with Crippen LogP contribution in [0.25, 0.3) is 0 Å². The molecule has 4 rings (SSSR count). The summed E-state index contributed by atoms with van der Waals surface area (Å²) in [5.41, 5.74) is 3.14. The molecule has 0 aliphatic carbocycles. The average molecular weight is 444 g/mol. The molecule has 1 fully saturated rings. The summed E-state index contributed by atoms with van der Waals surface area (Å²) < 4.78 is 5.36. The number of rotatable bonds is 8. The summed E-state index contributed by atoms with van der Waals surface area (Å²) in [5, 5.41) is 5.87. The predicted molar refractivity (Wildman–Crippen MR) is 129 cm³/mol. The number of para-hydroxylation sites is 1. The standard InChI is InChI=1S/C27H29N3O3/c1-33-22-12-7-11-21(17-22)25-15-8-16-30(25)19-26(31)29-24-14-6-5-13-23(24)27(32)28-18-20-9-3-2-4-10-20/h2-7,9-14,17,25H,8,15-16,18-19H2,1H3,(H,28,32)(H,29,31). The Morgan fingerprint density at radius 3 is 2.61 bits per heavy atom. The number of methoxy groups -OCH3 is 1. The van der Waals surface area contributed by atoms with Gasteiger partial charge in [0.1, 0.15) is 5.75 Å². The second kappa shape index (κ2) is 10.8. The Hall–Kier alpha value is -3.64. The molecule has 1 unspecified atom stereocenters. The van der Waals surface area contributed by atoms with Crippen LogP contribution >= 0.6 is 0 Å². The Bertz CT molecular complexity index is 1100. The lowest BCUT2D eigenvalue weighted by Gasteiger charge is -2.24. The van der Waals surface area contributed by atoms with Crippen molar-refractivity contribution in [2.24, 2.45) is 0 Å². The largest absolute Gasteiger partial charge is 0.497 e. The van der Waals surface area contributed by atoms with Crippen LogP contribution in [0.4, 0.5) is 5.69 Å². The number of amides is 2. The van der Waals surface area contributed by atoms with Crippen molar-refractivity contribution in [3.63, 3.8) is 0 Å². The maximum atomic E-state index is 12.9. The van der Waals surface area contributed by atoms with Crippen LogP contribution < -0.4 is 15.4 Å². The molecule has 2 N–H and O–H groups in total. The molecule has 3 aromatic carbocycles. The highest BCUT2D eigenvalue weighted by atomic mass is 16.5. The highest BCUT2D eigenvalue weighted by Crippen LogP contribution is 2.33. The van der Waals surface area contributed by atoms with E-state index < -0.39 is 0 Å². The van der Waals surface area contributed by atoms with Gasteiger partial charge in [-0.15, -0.1) is 0 Å². The fourth-order valence-electron chi connectivity index (χ4n) is 4.28. The van der Waals surface area contributed by atoms with Crippen molar-refractivity contribution in [2.75, 3.05) is 25.5 Å². The summed E-state index contributed by atoms with van der Waals surface area (Å²) in [4.78, 5) is 27.9. The van der Waals surface area contributed by atoms with Gasteiger partial charge in [0.25, 0.3) is 5.91 Å². The van der Waals surface area contributed by atoms with Crippen LogP contribution in [0.1, 0.15) is 40.4 Å². The van der Waals surface area contributed by atoms with E-state index in [1.54, 1.807) is 25.3 Å². The molecule has 33 heavy (non-hydrogen) atoms. The molecule has 3 aromatic rings. The summed E-state index contributed by atoms with van der Waals surface area (Å²) in [7, 11) is 1.66. The van der Waals surface area contributed by atoms with Gasteiger partial charge >= 0.3 is 0 Å². The number of hydrogen-bond donors (Lipinski definition) is 2. The van der Waals surface area contributed by atoms with Gasteiger partial charge in [0.15, 0.2) is 0 Å². The van der Waals surface area contributed by atoms with Gasteiger partial charge in [-0.25, -0.2) is 0 Å². The van der Waals surface area contributed by atoms with E-state index in [4.69, 9.17) is 4.74 Å². The average Bonchev–Trinajstić information content (AvgIpc) is 3.31. The fourth-order valence-corrected chi connectivity index (χ4v) is 4.28. The van der Waals surface area contributed by atoms with Gasteiger partial charge < -0.3 is 15.4 Å². The number of anilines is 1. The highest BCUT2D eigenvalue weighted by molar-refractivity contribution is 6.04. The molecule has 1 saturated heterocycles. The van der Waals surface area contributed by atoms with Crippen LogP contribution in [0.5, 0.6) is 5.75 Å². The molecule has 1 aliphatic rings. The van der Waals surface area contributed by atoms with Gasteiger partial charge in [0, 0.05) is 12.6 Å². The van der Waals surface area contributed by atoms with Gasteiger partial charge in [-0.05, 0) is 54.8 Å². The lowest BCUT2D eigenvalue weighted by molar-refractivity contribution is -0.117. The van der Waals surface area contributed by atoms with E-state index >= 15 is 0 Å². The third-order valence-electron chi connectivity index (χ3n) is 5.93. The summed E-state index contributed by atoms with van der Waals surface area (Å²) in [6.45, 7) is 1.55. The number of carbonyl (C=O) groups is 2. The van der Waals surface area contributed by atoms with Gasteiger partial charge in [-0.2, -0.15) is 0 Å². The first-order valence-corrected chi connectivity index (χ1v) is 11.2. The minimum Gasteiger partial charge on any atom is -0.497 e. The number of hydrogen-bond acceptors (Lipinski definition) is 4. The third-order valence-corrected chi connectivity index (χ3v) is 5.93. The van der Waals surface area contributed by atoms with Gasteiger partial charge in [-0.3, -0.25) is 14.5 Å². The number of nitrogens with zero attached hydrogens (tertiary/aromatic N) is 1. The van der Waals surface area contributed by atoms with Crippen molar-refractivity contribution in [1.82, 2.24) is 10.2 Å². The van der Waals surface area contributed by atoms with Crippen LogP contribution in [0, 0.1) is 0 Å². The Morgan fingerprint density at radius 2 is 1.79 bits per heavy atom. The smallest absolute Gasteiger partial charge is 0.253 e. The molecule has 1 atom stereocenters. The first kappa shape index (κ1) is 22.6. The Kier molecular flexibility index (Phi) is 7.37. The van der Waals surface area contributed by atoms with Crippen LogP contribution in [0.3, 0.4) is 0 Å². The molecule has 0 saturated carbocycles. The Balaban J connectivity index is 1.39. The van der Waals surface area contributed by atoms with Crippen molar-refractivity contribution in [2.45, 2.75) is 25.4 Å². The molecule has 0 bridgehead atoms. The molecule has 0 spiro atoms. The van der Waals surface area contributed by atoms with E-state index in [1.165, 1.54) is 0 Å². The predicted octanol–water partition coefficient (Wildman–Crippen LogP) is 4.40. The van der Waals surface area contributed by atoms with Crippen LogP contribution in [0.2, 0.25) is 0 Å². The zero-order valence-electron chi connectivity index (χ0n) is 18.8.